The third-order valence-corrected chi connectivity index (χ3v) is 6.75. The van der Waals surface area contributed by atoms with Crippen LogP contribution in [0.25, 0.3) is 0 Å². The normalized spacial score (nSPS) is 24.7. The zero-order valence-electron chi connectivity index (χ0n) is 15.4. The molecule has 0 spiro atoms. The summed E-state index contributed by atoms with van der Waals surface area (Å²) in [4.78, 5) is 38.4. The Morgan fingerprint density at radius 2 is 2.19 bits per heavy atom. The highest BCUT2D eigenvalue weighted by atomic mass is 32.2. The van der Waals surface area contributed by atoms with Gasteiger partial charge in [-0.3, -0.25) is 9.59 Å². The molecule has 3 rings (SSSR count). The molecular weight excluding hydrogens is 352 g/mol. The first-order valence-electron chi connectivity index (χ1n) is 8.72. The second kappa shape index (κ2) is 6.95. The summed E-state index contributed by atoms with van der Waals surface area (Å²) in [6, 6.07) is 1.21. The quantitative estimate of drug-likeness (QED) is 0.433. The lowest BCUT2D eigenvalue weighted by Gasteiger charge is -2.29. The number of hydrogen-bond acceptors (Lipinski definition) is 5. The van der Waals surface area contributed by atoms with E-state index in [-0.39, 0.29) is 23.2 Å². The Morgan fingerprint density at radius 1 is 1.46 bits per heavy atom. The lowest BCUT2D eigenvalue weighted by Crippen LogP contribution is -2.46. The number of hydrogen-bond donors (Lipinski definition) is 0. The van der Waals surface area contributed by atoms with E-state index in [1.54, 1.807) is 22.7 Å². The van der Waals surface area contributed by atoms with Crippen molar-refractivity contribution in [2.45, 2.75) is 51.1 Å². The summed E-state index contributed by atoms with van der Waals surface area (Å²) in [6.45, 7) is 9.82. The highest BCUT2D eigenvalue weighted by Crippen LogP contribution is 2.47. The molecule has 2 aliphatic rings. The first-order chi connectivity index (χ1) is 12.3. The molecule has 6 nitrogen and oxygen atoms in total. The Balaban J connectivity index is 1.65. The van der Waals surface area contributed by atoms with Crippen molar-refractivity contribution in [3.05, 3.63) is 35.7 Å². The number of aromatic nitrogens is 1. The van der Waals surface area contributed by atoms with Crippen molar-refractivity contribution in [3.8, 4) is 0 Å². The number of nitrogens with zero attached hydrogens (tertiary/aromatic N) is 2. The van der Waals surface area contributed by atoms with Gasteiger partial charge in [-0.15, -0.1) is 18.3 Å². The maximum atomic E-state index is 12.5. The van der Waals surface area contributed by atoms with Crippen molar-refractivity contribution in [1.82, 2.24) is 9.47 Å². The fraction of sp³-hybridized carbons (Fsp3) is 0.526. The summed E-state index contributed by atoms with van der Waals surface area (Å²) < 4.78 is 7.27. The van der Waals surface area contributed by atoms with Gasteiger partial charge in [0.15, 0.2) is 6.61 Å². The Labute approximate surface area is 157 Å². The summed E-state index contributed by atoms with van der Waals surface area (Å²) in [5, 5.41) is 0. The number of Topliss-reactive ketones (excluding diaryl/α,β-unsaturated/α-hetero) is 1. The van der Waals surface area contributed by atoms with Gasteiger partial charge in [0.25, 0.3) is 0 Å². The minimum absolute atomic E-state index is 0.0150. The first-order valence-corrected chi connectivity index (χ1v) is 9.70. The molecule has 140 valence electrons. The van der Waals surface area contributed by atoms with E-state index in [0.29, 0.717) is 24.3 Å². The monoisotopic (exact) mass is 376 g/mol. The predicted molar refractivity (Wildman–Crippen MR) is 100 cm³/mol. The molecule has 2 fully saturated rings. The number of aryl methyl sites for hydroxylation is 1. The average molecular weight is 376 g/mol. The van der Waals surface area contributed by atoms with E-state index in [1.807, 2.05) is 31.4 Å². The standard InChI is InChI=1S/C19H24N2O4S/c1-5-8-20-12(2)9-14(13(20)3)16(22)10-25-18(24)15-11-26-19(4)7-6-17(23)21(15)19/h5,9,15H,1,6-8,10-11H2,2-4H3/t15-,19+/m1/s1. The predicted octanol–water partition coefficient (Wildman–Crippen LogP) is 2.47. The largest absolute Gasteiger partial charge is 0.456 e. The highest BCUT2D eigenvalue weighted by molar-refractivity contribution is 8.01. The van der Waals surface area contributed by atoms with Gasteiger partial charge in [-0.1, -0.05) is 6.08 Å². The number of esters is 1. The minimum atomic E-state index is -0.596. The summed E-state index contributed by atoms with van der Waals surface area (Å²) in [5.41, 5.74) is 2.35. The van der Waals surface area contributed by atoms with Crippen LogP contribution >= 0.6 is 11.8 Å². The van der Waals surface area contributed by atoms with Crippen LogP contribution in [0, 0.1) is 13.8 Å². The third-order valence-electron chi connectivity index (χ3n) is 5.25. The van der Waals surface area contributed by atoms with Crippen molar-refractivity contribution in [2.24, 2.45) is 0 Å². The zero-order chi connectivity index (χ0) is 19.1. The number of allylic oxidation sites excluding steroid dienone is 1. The number of fused-ring (bicyclic) bond motifs is 1. The van der Waals surface area contributed by atoms with Gasteiger partial charge in [0.05, 0.1) is 4.87 Å². The number of ketones is 1. The molecule has 2 saturated heterocycles. The number of thioether (sulfide) groups is 1. The molecule has 7 heteroatoms. The topological polar surface area (TPSA) is 68.6 Å². The second-order valence-corrected chi connectivity index (χ2v) is 8.48. The van der Waals surface area contributed by atoms with E-state index >= 15 is 0 Å². The maximum absolute atomic E-state index is 12.5. The van der Waals surface area contributed by atoms with Gasteiger partial charge in [-0.25, -0.2) is 4.79 Å². The maximum Gasteiger partial charge on any atom is 0.330 e. The van der Waals surface area contributed by atoms with Gasteiger partial charge in [0.2, 0.25) is 11.7 Å². The molecule has 3 heterocycles. The van der Waals surface area contributed by atoms with Crippen LogP contribution in [0.15, 0.2) is 18.7 Å². The van der Waals surface area contributed by atoms with E-state index in [9.17, 15) is 14.4 Å². The third kappa shape index (κ3) is 3.09. The molecule has 0 saturated carbocycles. The van der Waals surface area contributed by atoms with Crippen LogP contribution in [0.5, 0.6) is 0 Å². The number of carbonyl (C=O) groups is 3. The molecule has 0 bridgehead atoms. The molecule has 2 atom stereocenters. The van der Waals surface area contributed by atoms with Crippen molar-refractivity contribution >= 4 is 29.4 Å². The number of ether oxygens (including phenoxy) is 1. The Morgan fingerprint density at radius 3 is 2.88 bits per heavy atom. The first kappa shape index (κ1) is 18.8. The molecule has 2 aliphatic heterocycles. The number of carbonyl (C=O) groups excluding carboxylic acids is 3. The van der Waals surface area contributed by atoms with E-state index < -0.39 is 12.0 Å². The lowest BCUT2D eigenvalue weighted by molar-refractivity contribution is -0.152. The van der Waals surface area contributed by atoms with E-state index in [2.05, 4.69) is 6.58 Å². The van der Waals surface area contributed by atoms with Crippen molar-refractivity contribution in [1.29, 1.82) is 0 Å². The van der Waals surface area contributed by atoms with Crippen LogP contribution in [-0.2, 0) is 20.9 Å². The van der Waals surface area contributed by atoms with Gasteiger partial charge in [-0.05, 0) is 33.3 Å². The van der Waals surface area contributed by atoms with Crippen LogP contribution in [0.3, 0.4) is 0 Å². The van der Waals surface area contributed by atoms with Gasteiger partial charge in [0.1, 0.15) is 6.04 Å². The molecular formula is C19H24N2O4S. The highest BCUT2D eigenvalue weighted by Gasteiger charge is 2.53. The fourth-order valence-electron chi connectivity index (χ4n) is 3.80. The summed E-state index contributed by atoms with van der Waals surface area (Å²) in [5.74, 6) is -0.227. The van der Waals surface area contributed by atoms with Gasteiger partial charge in [0, 0.05) is 35.7 Å². The smallest absolute Gasteiger partial charge is 0.330 e. The lowest BCUT2D eigenvalue weighted by atomic mass is 10.1. The molecule has 26 heavy (non-hydrogen) atoms. The molecule has 0 radical (unpaired) electrons. The van der Waals surface area contributed by atoms with Gasteiger partial charge >= 0.3 is 5.97 Å². The fourth-order valence-corrected chi connectivity index (χ4v) is 5.22. The van der Waals surface area contributed by atoms with Crippen LogP contribution in [0.2, 0.25) is 0 Å². The summed E-state index contributed by atoms with van der Waals surface area (Å²) in [6.07, 6.45) is 2.98. The van der Waals surface area contributed by atoms with E-state index in [1.165, 1.54) is 0 Å². The van der Waals surface area contributed by atoms with Crippen molar-refractivity contribution < 1.29 is 19.1 Å². The Bertz CT molecular complexity index is 785. The van der Waals surface area contributed by atoms with Crippen LogP contribution < -0.4 is 0 Å². The molecule has 1 amide bonds. The molecule has 0 N–H and O–H groups in total. The Hall–Kier alpha value is -2.02. The van der Waals surface area contributed by atoms with Crippen LogP contribution in [0.1, 0.15) is 41.5 Å². The SMILES string of the molecule is C=CCn1c(C)cc(C(=O)COC(=O)[C@H]2CS[C@@]3(C)CCC(=O)N23)c1C. The number of rotatable bonds is 6. The zero-order valence-corrected chi connectivity index (χ0v) is 16.2. The van der Waals surface area contributed by atoms with Crippen LogP contribution in [0.4, 0.5) is 0 Å². The minimum Gasteiger partial charge on any atom is -0.456 e. The Kier molecular flexibility index (Phi) is 5.01. The van der Waals surface area contributed by atoms with Gasteiger partial charge < -0.3 is 14.2 Å². The molecule has 1 aromatic heterocycles. The van der Waals surface area contributed by atoms with Crippen molar-refractivity contribution in [2.75, 3.05) is 12.4 Å². The summed E-state index contributed by atoms with van der Waals surface area (Å²) >= 11 is 1.61. The molecule has 0 aliphatic carbocycles. The average Bonchev–Trinajstić information content (AvgIpc) is 3.19. The molecule has 0 aromatic carbocycles. The van der Waals surface area contributed by atoms with Crippen LogP contribution in [-0.4, -0.2) is 50.4 Å². The summed E-state index contributed by atoms with van der Waals surface area (Å²) in [7, 11) is 0. The van der Waals surface area contributed by atoms with E-state index in [4.69, 9.17) is 4.74 Å². The molecule has 1 aromatic rings. The second-order valence-electron chi connectivity index (χ2n) is 6.98. The number of amides is 1. The van der Waals surface area contributed by atoms with Crippen molar-refractivity contribution in [3.63, 3.8) is 0 Å². The molecule has 0 unspecified atom stereocenters. The van der Waals surface area contributed by atoms with Gasteiger partial charge in [-0.2, -0.15) is 0 Å². The van der Waals surface area contributed by atoms with E-state index in [0.717, 1.165) is 17.8 Å².